The number of aryl methyl sites for hydroxylation is 1. The number of nitrogens with zero attached hydrogens (tertiary/aromatic N) is 8. The summed E-state index contributed by atoms with van der Waals surface area (Å²) in [6, 6.07) is 19.5. The molecule has 2 amide bonds. The summed E-state index contributed by atoms with van der Waals surface area (Å²) < 4.78 is 79.3. The highest BCUT2D eigenvalue weighted by molar-refractivity contribution is 6.04. The molecule has 3 aromatic heterocycles. The summed E-state index contributed by atoms with van der Waals surface area (Å²) in [5.41, 5.74) is 3.85. The standard InChI is InChI=1S/C62H62F4N10O7/c1-5-44-47(63)15-14-38-22-41(77)24-45(52(38)44)55-58(56-46(27-68-55)59(74-28-39-23-40(74)26-67-39)71-62(70-56)83-43-18-20-81-21-19-43)82-31-34-6-8-36(9-7-34)50-30-76(73-72-50)57(32(2)3)61(80)75-29-42(78)25-51(75)60(79)69-33(4)35-10-12-37(13-11-35)53-48(64)16-17-49(65)54(53)66/h6-17,22,24,27,30,32-33,39-40,42-43,51,57,67,77-78H,5,18-21,23,25-26,28-29,31H2,1-4H3,(H,69,79)/t33-,39-,40-,42+,51-,57-/m0/s1. The van der Waals surface area contributed by atoms with Crippen molar-refractivity contribution in [3.05, 3.63) is 137 Å². The molecule has 4 aliphatic rings. The predicted octanol–water partition coefficient (Wildman–Crippen LogP) is 9.32. The summed E-state index contributed by atoms with van der Waals surface area (Å²) in [5.74, 6) is -4.10. The van der Waals surface area contributed by atoms with Crippen LogP contribution in [-0.2, 0) is 27.4 Å². The summed E-state index contributed by atoms with van der Waals surface area (Å²) in [4.78, 5) is 47.3. The van der Waals surface area contributed by atoms with Gasteiger partial charge in [0.2, 0.25) is 11.8 Å². The number of hydrogen-bond acceptors (Lipinski definition) is 14. The van der Waals surface area contributed by atoms with Crippen molar-refractivity contribution >= 4 is 39.3 Å². The van der Waals surface area contributed by atoms with Crippen LogP contribution in [0.3, 0.4) is 0 Å². The molecule has 0 saturated carbocycles. The average molecular weight is 1140 g/mol. The van der Waals surface area contributed by atoms with Crippen LogP contribution in [-0.4, -0.2) is 120 Å². The molecule has 4 saturated heterocycles. The molecule has 6 atom stereocenters. The van der Waals surface area contributed by atoms with Crippen LogP contribution < -0.4 is 25.0 Å². The second-order valence-electron chi connectivity index (χ2n) is 22.3. The van der Waals surface area contributed by atoms with Gasteiger partial charge in [0, 0.05) is 68.3 Å². The lowest BCUT2D eigenvalue weighted by molar-refractivity contribution is -0.142. The monoisotopic (exact) mass is 1130 g/mol. The number of piperazine rings is 1. The van der Waals surface area contributed by atoms with Crippen molar-refractivity contribution in [2.24, 2.45) is 5.92 Å². The number of phenolic OH excluding ortho intramolecular Hbond substituents is 1. The highest BCUT2D eigenvalue weighted by Gasteiger charge is 2.44. The summed E-state index contributed by atoms with van der Waals surface area (Å²) >= 11 is 0. The lowest BCUT2D eigenvalue weighted by Gasteiger charge is -2.30. The minimum Gasteiger partial charge on any atom is -0.508 e. The Hall–Kier alpha value is -8.27. The van der Waals surface area contributed by atoms with Crippen molar-refractivity contribution in [1.82, 2.24) is 45.5 Å². The van der Waals surface area contributed by atoms with Crippen LogP contribution in [0.15, 0.2) is 97.3 Å². The van der Waals surface area contributed by atoms with Crippen LogP contribution in [0.5, 0.6) is 17.5 Å². The van der Waals surface area contributed by atoms with E-state index in [2.05, 4.69) is 25.8 Å². The van der Waals surface area contributed by atoms with Gasteiger partial charge in [-0.3, -0.25) is 14.6 Å². The van der Waals surface area contributed by atoms with E-state index >= 15 is 4.39 Å². The molecule has 430 valence electrons. The zero-order chi connectivity index (χ0) is 57.8. The Kier molecular flexibility index (Phi) is 15.2. The molecule has 7 heterocycles. The molecule has 0 aliphatic carbocycles. The first-order valence-corrected chi connectivity index (χ1v) is 28.2. The van der Waals surface area contributed by atoms with Crippen LogP contribution in [0.2, 0.25) is 0 Å². The molecule has 0 radical (unpaired) electrons. The third-order valence-corrected chi connectivity index (χ3v) is 16.5. The Morgan fingerprint density at radius 3 is 2.36 bits per heavy atom. The van der Waals surface area contributed by atoms with Gasteiger partial charge < -0.3 is 44.9 Å². The van der Waals surface area contributed by atoms with Crippen molar-refractivity contribution in [3.8, 4) is 51.2 Å². The molecule has 21 heteroatoms. The Balaban J connectivity index is 0.807. The zero-order valence-corrected chi connectivity index (χ0v) is 46.2. The van der Waals surface area contributed by atoms with Crippen molar-refractivity contribution in [2.75, 3.05) is 37.7 Å². The third-order valence-electron chi connectivity index (χ3n) is 16.5. The van der Waals surface area contributed by atoms with Gasteiger partial charge in [0.05, 0.1) is 42.5 Å². The SMILES string of the molecule is CCc1c(F)ccc2cc(O)cc(-c3ncc4c(N5C[C@@H]6C[C@H]5CN6)nc(OC5CCOCC5)nc4c3OCc3ccc(-c4cn([C@H](C(=O)N5C[C@H](O)C[C@H]5C(=O)N[C@@H](C)c5ccc(-c6c(F)ccc(F)c6F)cc5)C(C)C)nn4)cc3)c12. The number of carbonyl (C=O) groups is 2. The summed E-state index contributed by atoms with van der Waals surface area (Å²) in [6.07, 6.45) is 4.94. The molecule has 4 fully saturated rings. The molecule has 17 nitrogen and oxygen atoms in total. The third kappa shape index (κ3) is 10.8. The quantitative estimate of drug-likeness (QED) is 0.0527. The molecule has 4 N–H and O–H groups in total. The summed E-state index contributed by atoms with van der Waals surface area (Å²) in [7, 11) is 0. The van der Waals surface area contributed by atoms with E-state index in [9.17, 15) is 33.0 Å². The number of aromatic nitrogens is 6. The van der Waals surface area contributed by atoms with Gasteiger partial charge in [-0.2, -0.15) is 9.97 Å². The molecule has 2 bridgehead atoms. The minimum atomic E-state index is -1.30. The fourth-order valence-corrected chi connectivity index (χ4v) is 12.2. The number of pyridine rings is 1. The fourth-order valence-electron chi connectivity index (χ4n) is 12.2. The van der Waals surface area contributed by atoms with Crippen molar-refractivity contribution in [3.63, 3.8) is 0 Å². The smallest absolute Gasteiger partial charge is 0.319 e. The second-order valence-corrected chi connectivity index (χ2v) is 22.3. The number of halogens is 4. The normalized spacial score (nSPS) is 19.7. The predicted molar refractivity (Wildman–Crippen MR) is 301 cm³/mol. The molecule has 5 aromatic carbocycles. The molecule has 0 spiro atoms. The maximum Gasteiger partial charge on any atom is 0.319 e. The molecular weight excluding hydrogens is 1070 g/mol. The fraction of sp³-hybridized carbons (Fsp3) is 0.371. The Morgan fingerprint density at radius 2 is 1.64 bits per heavy atom. The maximum atomic E-state index is 15.7. The Bertz CT molecular complexity index is 3770. The number of benzene rings is 5. The largest absolute Gasteiger partial charge is 0.508 e. The number of likely N-dealkylation sites (tertiary alicyclic amines) is 1. The Morgan fingerprint density at radius 1 is 0.892 bits per heavy atom. The number of phenols is 1. The number of ether oxygens (including phenoxy) is 3. The maximum absolute atomic E-state index is 15.7. The van der Waals surface area contributed by atoms with Crippen LogP contribution in [0, 0.1) is 29.2 Å². The Labute approximate surface area is 475 Å². The molecular formula is C62H62F4N10O7. The van der Waals surface area contributed by atoms with Crippen LogP contribution >= 0.6 is 0 Å². The zero-order valence-electron chi connectivity index (χ0n) is 46.2. The van der Waals surface area contributed by atoms with Gasteiger partial charge >= 0.3 is 6.01 Å². The lowest BCUT2D eigenvalue weighted by Crippen LogP contribution is -2.49. The van der Waals surface area contributed by atoms with Crippen LogP contribution in [0.4, 0.5) is 23.4 Å². The van der Waals surface area contributed by atoms with Gasteiger partial charge in [-0.25, -0.2) is 22.2 Å². The number of nitrogens with one attached hydrogen (secondary N) is 2. The van der Waals surface area contributed by atoms with E-state index in [0.717, 1.165) is 37.2 Å². The van der Waals surface area contributed by atoms with Crippen LogP contribution in [0.1, 0.15) is 82.2 Å². The second kappa shape index (κ2) is 22.8. The summed E-state index contributed by atoms with van der Waals surface area (Å²) in [5, 5.41) is 39.3. The summed E-state index contributed by atoms with van der Waals surface area (Å²) in [6.45, 7) is 9.90. The molecule has 8 aromatic rings. The first-order chi connectivity index (χ1) is 40.1. The van der Waals surface area contributed by atoms with Crippen molar-refractivity contribution in [2.45, 2.75) is 109 Å². The van der Waals surface area contributed by atoms with Crippen molar-refractivity contribution in [1.29, 1.82) is 0 Å². The average Bonchev–Trinajstić information content (AvgIpc) is 4.11. The van der Waals surface area contributed by atoms with E-state index in [1.807, 2.05) is 45.0 Å². The molecule has 12 rings (SSSR count). The molecule has 4 aliphatic heterocycles. The van der Waals surface area contributed by atoms with Gasteiger partial charge in [0.1, 0.15) is 64.9 Å². The number of amides is 2. The number of rotatable bonds is 16. The number of anilines is 1. The molecule has 0 unspecified atom stereocenters. The number of fused-ring (bicyclic) bond motifs is 4. The first kappa shape index (κ1) is 55.3. The van der Waals surface area contributed by atoms with Gasteiger partial charge in [0.25, 0.3) is 0 Å². The van der Waals surface area contributed by atoms with E-state index in [-0.39, 0.29) is 60.8 Å². The van der Waals surface area contributed by atoms with E-state index < -0.39 is 59.1 Å². The van der Waals surface area contributed by atoms with E-state index in [0.29, 0.717) is 105 Å². The van der Waals surface area contributed by atoms with Gasteiger partial charge in [-0.05, 0) is 89.0 Å². The number of β-amino-alcohol motifs (C(OH)–C–C–N with tert-alkyl or cyclic N) is 1. The number of aliphatic hydroxyl groups is 1. The number of aromatic hydroxyl groups is 1. The van der Waals surface area contributed by atoms with Crippen molar-refractivity contribution < 1.29 is 51.6 Å². The van der Waals surface area contributed by atoms with Crippen LogP contribution in [0.25, 0.3) is 55.3 Å². The number of hydrogen-bond donors (Lipinski definition) is 4. The van der Waals surface area contributed by atoms with E-state index in [4.69, 9.17) is 29.2 Å². The highest BCUT2D eigenvalue weighted by atomic mass is 19.2. The number of aliphatic hydroxyl groups excluding tert-OH is 1. The lowest BCUT2D eigenvalue weighted by atomic mass is 9.94. The highest BCUT2D eigenvalue weighted by Crippen LogP contribution is 2.45. The van der Waals surface area contributed by atoms with Gasteiger partial charge in [-0.15, -0.1) is 5.10 Å². The van der Waals surface area contributed by atoms with Gasteiger partial charge in [0.15, 0.2) is 17.4 Å². The van der Waals surface area contributed by atoms with Gasteiger partial charge in [-0.1, -0.05) is 80.6 Å². The minimum absolute atomic E-state index is 0.00612. The topological polar surface area (TPSA) is 202 Å². The van der Waals surface area contributed by atoms with E-state index in [1.165, 1.54) is 27.8 Å². The first-order valence-electron chi connectivity index (χ1n) is 28.2. The number of carbonyl (C=O) groups excluding carboxylic acids is 2. The molecule has 83 heavy (non-hydrogen) atoms. The van der Waals surface area contributed by atoms with E-state index in [1.54, 1.807) is 49.6 Å².